The number of aromatic nitrogens is 1. The Morgan fingerprint density at radius 1 is 1.25 bits per heavy atom. The van der Waals surface area contributed by atoms with Gasteiger partial charge in [-0.25, -0.2) is 8.78 Å². The molecule has 0 saturated carbocycles. The Morgan fingerprint density at radius 3 is 2.30 bits per heavy atom. The van der Waals surface area contributed by atoms with Crippen LogP contribution in [0.5, 0.6) is 0 Å². The fourth-order valence-electron chi connectivity index (χ4n) is 1.97. The highest BCUT2D eigenvalue weighted by molar-refractivity contribution is 6.63. The lowest BCUT2D eigenvalue weighted by molar-refractivity contribution is 0.00578. The third-order valence-electron chi connectivity index (χ3n) is 3.90. The van der Waals surface area contributed by atoms with Gasteiger partial charge in [0.25, 0.3) is 0 Å². The van der Waals surface area contributed by atoms with Crippen molar-refractivity contribution in [1.29, 1.82) is 0 Å². The Kier molecular flexibility index (Phi) is 3.77. The van der Waals surface area contributed by atoms with Gasteiger partial charge in [-0.2, -0.15) is 0 Å². The van der Waals surface area contributed by atoms with Crippen molar-refractivity contribution in [1.82, 2.24) is 4.98 Å². The molecule has 1 aromatic rings. The molecule has 0 radical (unpaired) electrons. The van der Waals surface area contributed by atoms with Crippen molar-refractivity contribution >= 4 is 18.3 Å². The monoisotopic (exact) mass is 284 g/mol. The second-order valence-corrected chi connectivity index (χ2v) is 5.99. The number of hydrogen-bond acceptors (Lipinski definition) is 4. The lowest BCUT2D eigenvalue weighted by atomic mass is 9.78. The molecule has 0 spiro atoms. The summed E-state index contributed by atoms with van der Waals surface area (Å²) in [5.41, 5.74) is 6.06. The second kappa shape index (κ2) is 4.97. The van der Waals surface area contributed by atoms with E-state index in [-0.39, 0.29) is 5.69 Å². The Morgan fingerprint density at radius 2 is 1.80 bits per heavy atom. The molecule has 1 aliphatic rings. The van der Waals surface area contributed by atoms with E-state index >= 15 is 0 Å². The zero-order valence-electron chi connectivity index (χ0n) is 12.1. The fraction of sp³-hybridized carbons (Fsp3) is 0.615. The highest BCUT2D eigenvalue weighted by atomic mass is 19.3. The lowest BCUT2D eigenvalue weighted by Gasteiger charge is -2.32. The minimum absolute atomic E-state index is 0.277. The minimum Gasteiger partial charge on any atom is -0.399 e. The van der Waals surface area contributed by atoms with Gasteiger partial charge in [0.05, 0.1) is 17.6 Å². The Balaban J connectivity index is 2.30. The molecule has 0 aliphatic carbocycles. The molecule has 4 nitrogen and oxygen atoms in total. The van der Waals surface area contributed by atoms with Crippen molar-refractivity contribution in [3.05, 3.63) is 18.0 Å². The van der Waals surface area contributed by atoms with Crippen LogP contribution < -0.4 is 11.2 Å². The van der Waals surface area contributed by atoms with Crippen LogP contribution in [0, 0.1) is 0 Å². The average Bonchev–Trinajstić information content (AvgIpc) is 2.50. The first-order valence-electron chi connectivity index (χ1n) is 6.50. The third kappa shape index (κ3) is 2.78. The molecule has 2 N–H and O–H groups in total. The molecule has 1 fully saturated rings. The number of nitrogens with zero attached hydrogens (tertiary/aromatic N) is 1. The molecule has 0 bridgehead atoms. The number of rotatable bonds is 3. The van der Waals surface area contributed by atoms with Crippen LogP contribution in [0.1, 0.15) is 33.4 Å². The van der Waals surface area contributed by atoms with Gasteiger partial charge in [-0.3, -0.25) is 4.98 Å². The number of anilines is 1. The van der Waals surface area contributed by atoms with Crippen LogP contribution in [-0.4, -0.2) is 29.7 Å². The van der Waals surface area contributed by atoms with Gasteiger partial charge in [0.2, 0.25) is 6.43 Å². The van der Waals surface area contributed by atoms with Gasteiger partial charge in [0.15, 0.2) is 0 Å². The van der Waals surface area contributed by atoms with Gasteiger partial charge in [-0.1, -0.05) is 0 Å². The van der Waals surface area contributed by atoms with Crippen LogP contribution in [0.3, 0.4) is 0 Å². The topological polar surface area (TPSA) is 57.4 Å². The number of nitrogen functional groups attached to an aromatic ring is 1. The zero-order chi connectivity index (χ0) is 15.1. The van der Waals surface area contributed by atoms with E-state index in [0.29, 0.717) is 11.2 Å². The summed E-state index contributed by atoms with van der Waals surface area (Å²) < 4.78 is 36.6. The van der Waals surface area contributed by atoms with Gasteiger partial charge >= 0.3 is 7.12 Å². The van der Waals surface area contributed by atoms with Crippen LogP contribution in [-0.2, 0) is 15.7 Å². The van der Waals surface area contributed by atoms with Gasteiger partial charge in [-0.15, -0.1) is 0 Å². The van der Waals surface area contributed by atoms with Crippen molar-refractivity contribution < 1.29 is 18.1 Å². The number of hydrogen-bond donors (Lipinski definition) is 1. The Labute approximate surface area is 117 Å². The van der Waals surface area contributed by atoms with Crippen molar-refractivity contribution in [2.45, 2.75) is 51.7 Å². The molecule has 1 aromatic heterocycles. The standard InChI is InChI=1S/C13H19BF2N2O2/c1-12(2)13(3,4)20-14(19-12)9-5-8(6-11(15)16)18-7-10(9)17/h5,7,11H,6,17H2,1-4H3. The molecule has 2 rings (SSSR count). The lowest BCUT2D eigenvalue weighted by Crippen LogP contribution is -2.41. The quantitative estimate of drug-likeness (QED) is 0.859. The van der Waals surface area contributed by atoms with Crippen molar-refractivity contribution in [2.75, 3.05) is 5.73 Å². The summed E-state index contributed by atoms with van der Waals surface area (Å²) in [5, 5.41) is 0. The number of pyridine rings is 1. The van der Waals surface area contributed by atoms with E-state index in [2.05, 4.69) is 4.98 Å². The molecule has 110 valence electrons. The van der Waals surface area contributed by atoms with E-state index in [4.69, 9.17) is 15.0 Å². The van der Waals surface area contributed by atoms with Gasteiger partial charge in [-0.05, 0) is 33.8 Å². The van der Waals surface area contributed by atoms with Crippen LogP contribution in [0.15, 0.2) is 12.3 Å². The molecule has 1 aliphatic heterocycles. The molecule has 0 amide bonds. The third-order valence-corrected chi connectivity index (χ3v) is 3.90. The van der Waals surface area contributed by atoms with Crippen molar-refractivity contribution in [3.8, 4) is 0 Å². The summed E-state index contributed by atoms with van der Waals surface area (Å²) in [5.74, 6) is 0. The molecule has 0 atom stereocenters. The fourth-order valence-corrected chi connectivity index (χ4v) is 1.97. The Bertz CT molecular complexity index is 493. The van der Waals surface area contributed by atoms with E-state index in [1.165, 1.54) is 12.3 Å². The first kappa shape index (κ1) is 15.2. The SMILES string of the molecule is CC1(C)OB(c2cc(CC(F)F)ncc2N)OC1(C)C. The average molecular weight is 284 g/mol. The normalized spacial score (nSPS) is 20.6. The molecule has 0 aromatic carbocycles. The second-order valence-electron chi connectivity index (χ2n) is 5.99. The van der Waals surface area contributed by atoms with Crippen molar-refractivity contribution in [3.63, 3.8) is 0 Å². The van der Waals surface area contributed by atoms with Gasteiger partial charge in [0, 0.05) is 23.0 Å². The van der Waals surface area contributed by atoms with E-state index < -0.39 is 31.2 Å². The molecule has 2 heterocycles. The highest BCUT2D eigenvalue weighted by Gasteiger charge is 2.52. The maximum atomic E-state index is 12.4. The van der Waals surface area contributed by atoms with Gasteiger partial charge in [0.1, 0.15) is 0 Å². The summed E-state index contributed by atoms with van der Waals surface area (Å²) >= 11 is 0. The summed E-state index contributed by atoms with van der Waals surface area (Å²) in [6, 6.07) is 1.53. The van der Waals surface area contributed by atoms with E-state index in [1.54, 1.807) is 0 Å². The number of alkyl halides is 2. The first-order chi connectivity index (χ1) is 9.12. The highest BCUT2D eigenvalue weighted by Crippen LogP contribution is 2.36. The summed E-state index contributed by atoms with van der Waals surface area (Å²) in [6.45, 7) is 7.68. The molecular formula is C13H19BF2N2O2. The molecule has 1 saturated heterocycles. The van der Waals surface area contributed by atoms with E-state index in [0.717, 1.165) is 0 Å². The zero-order valence-corrected chi connectivity index (χ0v) is 12.1. The van der Waals surface area contributed by atoms with Crippen molar-refractivity contribution in [2.24, 2.45) is 0 Å². The minimum atomic E-state index is -2.45. The maximum absolute atomic E-state index is 12.4. The Hall–Kier alpha value is -1.21. The largest absolute Gasteiger partial charge is 0.497 e. The smallest absolute Gasteiger partial charge is 0.399 e. The summed E-state index contributed by atoms with van der Waals surface area (Å²) in [4.78, 5) is 3.91. The molecular weight excluding hydrogens is 265 g/mol. The predicted molar refractivity (Wildman–Crippen MR) is 74.1 cm³/mol. The summed E-state index contributed by atoms with van der Waals surface area (Å²) in [6.07, 6.45) is -1.48. The van der Waals surface area contributed by atoms with Crippen LogP contribution in [0.4, 0.5) is 14.5 Å². The van der Waals surface area contributed by atoms with E-state index in [1.807, 2.05) is 27.7 Å². The first-order valence-corrected chi connectivity index (χ1v) is 6.50. The summed E-state index contributed by atoms with van der Waals surface area (Å²) in [7, 11) is -0.667. The number of nitrogens with two attached hydrogens (primary N) is 1. The predicted octanol–water partition coefficient (Wildman–Crippen LogP) is 1.77. The molecule has 20 heavy (non-hydrogen) atoms. The number of halogens is 2. The van der Waals surface area contributed by atoms with Crippen LogP contribution in [0.2, 0.25) is 0 Å². The molecule has 0 unspecified atom stereocenters. The van der Waals surface area contributed by atoms with Crippen LogP contribution in [0.25, 0.3) is 0 Å². The molecule has 7 heteroatoms. The van der Waals surface area contributed by atoms with Crippen LogP contribution >= 0.6 is 0 Å². The van der Waals surface area contributed by atoms with E-state index in [9.17, 15) is 8.78 Å². The maximum Gasteiger partial charge on any atom is 0.497 e. The van der Waals surface area contributed by atoms with Gasteiger partial charge < -0.3 is 15.0 Å².